The number of halogens is 2. The van der Waals surface area contributed by atoms with Crippen molar-refractivity contribution < 1.29 is 57.3 Å². The Balaban J connectivity index is 1.59. The van der Waals surface area contributed by atoms with Crippen LogP contribution in [0.2, 0.25) is 0 Å². The summed E-state index contributed by atoms with van der Waals surface area (Å²) in [6.07, 6.45) is -3.24. The molecule has 0 N–H and O–H groups in total. The van der Waals surface area contributed by atoms with Crippen LogP contribution in [0.5, 0.6) is 0 Å². The number of hydrogen-bond donors (Lipinski definition) is 0. The molecule has 0 spiro atoms. The number of carbonyl (C=O) groups excluding carboxylic acids is 8. The van der Waals surface area contributed by atoms with Gasteiger partial charge in [0.25, 0.3) is 23.6 Å². The number of amides is 4. The van der Waals surface area contributed by atoms with E-state index >= 15 is 9.59 Å². The quantitative estimate of drug-likeness (QED) is 0.0779. The highest BCUT2D eigenvalue weighted by Crippen LogP contribution is 2.26. The Kier molecular flexibility index (Phi) is 25.2. The van der Waals surface area contributed by atoms with E-state index in [-0.39, 0.29) is 74.4 Å². The van der Waals surface area contributed by atoms with E-state index in [2.05, 4.69) is 48.1 Å². The highest BCUT2D eigenvalue weighted by Gasteiger charge is 2.43. The number of esters is 4. The fourth-order valence-electron chi connectivity index (χ4n) is 9.98. The Labute approximate surface area is 520 Å². The largest absolute Gasteiger partial charge is 0.451 e. The first-order valence-electron chi connectivity index (χ1n) is 28.7. The van der Waals surface area contributed by atoms with Gasteiger partial charge in [0, 0.05) is 47.2 Å². The Bertz CT molecular complexity index is 3130. The van der Waals surface area contributed by atoms with Crippen LogP contribution in [0.1, 0.15) is 129 Å². The van der Waals surface area contributed by atoms with Gasteiger partial charge in [0.2, 0.25) is 0 Å². The second kappa shape index (κ2) is 31.3. The van der Waals surface area contributed by atoms with Crippen molar-refractivity contribution in [1.29, 1.82) is 10.5 Å². The smallest absolute Gasteiger partial charge is 0.329 e. The number of nitriles is 2. The summed E-state index contributed by atoms with van der Waals surface area (Å²) in [7, 11) is 5.46. The summed E-state index contributed by atoms with van der Waals surface area (Å²) in [6, 6.07) is 12.9. The Morgan fingerprint density at radius 1 is 0.488 bits per heavy atom. The van der Waals surface area contributed by atoms with Crippen molar-refractivity contribution >= 4 is 79.4 Å². The minimum absolute atomic E-state index is 0.0453. The maximum Gasteiger partial charge on any atom is 0.329 e. The minimum atomic E-state index is -1.59. The number of hydrogen-bond acceptors (Lipinski definition) is 16. The third-order valence-corrected chi connectivity index (χ3v) is 15.9. The van der Waals surface area contributed by atoms with Crippen molar-refractivity contribution in [2.24, 2.45) is 23.7 Å². The van der Waals surface area contributed by atoms with Gasteiger partial charge in [-0.3, -0.25) is 23.9 Å². The van der Waals surface area contributed by atoms with Crippen LogP contribution >= 0.6 is 31.9 Å². The zero-order valence-corrected chi connectivity index (χ0v) is 54.7. The van der Waals surface area contributed by atoms with Crippen molar-refractivity contribution in [3.63, 3.8) is 0 Å². The van der Waals surface area contributed by atoms with E-state index in [1.165, 1.54) is 52.9 Å². The number of carbonyl (C=O) groups is 8. The lowest BCUT2D eigenvalue weighted by Crippen LogP contribution is -2.55. The van der Waals surface area contributed by atoms with E-state index in [1.807, 2.05) is 61.5 Å². The minimum Gasteiger partial charge on any atom is -0.451 e. The predicted octanol–water partition coefficient (Wildman–Crippen LogP) is 7.42. The van der Waals surface area contributed by atoms with Gasteiger partial charge in [0.1, 0.15) is 36.3 Å². The van der Waals surface area contributed by atoms with Gasteiger partial charge in [-0.15, -0.1) is 0 Å². The van der Waals surface area contributed by atoms with Gasteiger partial charge in [0.05, 0.1) is 28.2 Å². The van der Waals surface area contributed by atoms with Gasteiger partial charge < -0.3 is 38.5 Å². The van der Waals surface area contributed by atoms with Crippen molar-refractivity contribution in [3.05, 3.63) is 104 Å². The molecule has 1 aliphatic heterocycles. The predicted molar refractivity (Wildman–Crippen MR) is 323 cm³/mol. The van der Waals surface area contributed by atoms with Crippen molar-refractivity contribution in [1.82, 2.24) is 39.2 Å². The average Bonchev–Trinajstić information content (AvgIpc) is 4.00. The molecule has 2 aromatic heterocycles. The number of cyclic esters (lactones) is 4. The molecular formula is C62H80Br2N10O12. The van der Waals surface area contributed by atoms with Gasteiger partial charge in [-0.2, -0.15) is 20.7 Å². The van der Waals surface area contributed by atoms with E-state index in [0.29, 0.717) is 32.3 Å². The molecule has 22 nitrogen and oxygen atoms in total. The summed E-state index contributed by atoms with van der Waals surface area (Å²) in [4.78, 5) is 122. The van der Waals surface area contributed by atoms with Crippen LogP contribution in [0.25, 0.3) is 0 Å². The van der Waals surface area contributed by atoms with Gasteiger partial charge in [-0.25, -0.2) is 23.9 Å². The zero-order valence-electron chi connectivity index (χ0n) is 51.5. The molecule has 4 amide bonds. The Morgan fingerprint density at radius 2 is 0.826 bits per heavy atom. The van der Waals surface area contributed by atoms with Crippen LogP contribution in [0.15, 0.2) is 69.9 Å². The topological polar surface area (TPSA) is 270 Å². The molecule has 2 aromatic carbocycles. The van der Waals surface area contributed by atoms with Gasteiger partial charge in [-0.1, -0.05) is 104 Å². The molecule has 1 saturated heterocycles. The number of likely N-dealkylation sites (N-methyl/N-ethyl adjacent to an activating group) is 4. The standard InChI is InChI=1S/C62H80Br2N10O12/c1-35(2)23-48-59(79)83-40(10)56(76)70(12)51(26-38(7)8)62(82)86-54(28-42-17-21-44(22-18-42)33-74-52(30-66)45(63)31-67-74)58(78)72(14)49(24-36(3)4)60(80)84-39(9)55(75)69(11)50(25-37(5)6)61(81)85-53(57(77)71(48)13)27-41-15-19-43(20-16-41)32-73-34-46(64)47(29-65)68-73/h15-22,31,34-40,48-51,53-54H,23-28,32-33H2,1-14H3/t39-,40-,48+,49+,50+,51+,53-,54-/m1/s1. The second-order valence-electron chi connectivity index (χ2n) is 23.7. The summed E-state index contributed by atoms with van der Waals surface area (Å²) in [5, 5.41) is 27.7. The molecule has 0 radical (unpaired) electrons. The number of benzene rings is 2. The maximum absolute atomic E-state index is 15.1. The van der Waals surface area contributed by atoms with E-state index in [4.69, 9.17) is 18.9 Å². The summed E-state index contributed by atoms with van der Waals surface area (Å²) in [5.41, 5.74) is 3.18. The lowest BCUT2D eigenvalue weighted by molar-refractivity contribution is -0.176. The van der Waals surface area contributed by atoms with E-state index < -0.39 is 96.1 Å². The normalized spacial score (nSPS) is 22.3. The summed E-state index contributed by atoms with van der Waals surface area (Å²) < 4.78 is 28.4. The Hall–Kier alpha value is -7.44. The lowest BCUT2D eigenvalue weighted by Gasteiger charge is -2.35. The first-order chi connectivity index (χ1) is 40.4. The van der Waals surface area contributed by atoms with Gasteiger partial charge >= 0.3 is 23.9 Å². The Morgan fingerprint density at radius 3 is 1.16 bits per heavy atom. The van der Waals surface area contributed by atoms with Gasteiger partial charge in [-0.05, 0) is 117 Å². The fraction of sp³-hybridized carbons (Fsp3) is 0.548. The van der Waals surface area contributed by atoms with Gasteiger partial charge in [0.15, 0.2) is 35.8 Å². The first-order valence-corrected chi connectivity index (χ1v) is 30.3. The van der Waals surface area contributed by atoms with Crippen LogP contribution in [0.4, 0.5) is 0 Å². The fourth-order valence-corrected chi connectivity index (χ4v) is 10.8. The van der Waals surface area contributed by atoms with Crippen LogP contribution < -0.4 is 0 Å². The van der Waals surface area contributed by atoms with Crippen LogP contribution in [0.3, 0.4) is 0 Å². The summed E-state index contributed by atoms with van der Waals surface area (Å²) in [5.74, 6) is -7.88. The highest BCUT2D eigenvalue weighted by molar-refractivity contribution is 9.10. The van der Waals surface area contributed by atoms with Crippen LogP contribution in [-0.4, -0.2) is 163 Å². The molecule has 86 heavy (non-hydrogen) atoms. The zero-order chi connectivity index (χ0) is 64.0. The first kappa shape index (κ1) is 69.3. The molecule has 0 unspecified atom stereocenters. The van der Waals surface area contributed by atoms with Crippen molar-refractivity contribution in [3.8, 4) is 12.1 Å². The van der Waals surface area contributed by atoms with E-state index in [9.17, 15) is 39.3 Å². The summed E-state index contributed by atoms with van der Waals surface area (Å²) in [6.45, 7) is 17.8. The average molecular weight is 1320 g/mol. The molecule has 24 heteroatoms. The monoisotopic (exact) mass is 1310 g/mol. The molecule has 0 bridgehead atoms. The summed E-state index contributed by atoms with van der Waals surface area (Å²) >= 11 is 6.68. The van der Waals surface area contributed by atoms with Crippen molar-refractivity contribution in [2.45, 2.75) is 169 Å². The van der Waals surface area contributed by atoms with Crippen LogP contribution in [0, 0.1) is 46.3 Å². The molecular weight excluding hydrogens is 1240 g/mol. The molecule has 0 saturated carbocycles. The third kappa shape index (κ3) is 18.5. The number of ether oxygens (including phenoxy) is 4. The molecule has 3 heterocycles. The van der Waals surface area contributed by atoms with E-state index in [0.717, 1.165) is 30.7 Å². The van der Waals surface area contributed by atoms with E-state index in [1.54, 1.807) is 59.4 Å². The molecule has 4 aromatic rings. The highest BCUT2D eigenvalue weighted by atomic mass is 79.9. The lowest BCUT2D eigenvalue weighted by atomic mass is 9.99. The molecule has 0 aliphatic carbocycles. The second-order valence-corrected chi connectivity index (χ2v) is 25.4. The molecule has 1 fully saturated rings. The number of rotatable bonds is 16. The SMILES string of the molecule is CC(C)C[C@H]1C(=O)O[C@H](Cc2ccc(Cn3ncc(Br)c3C#N)cc2)C(=O)N(C)[C@@H](CC(C)C)C(=O)O[C@H](C)C(=O)N(C)[C@@H](CC(C)C)C(=O)O[C@H](Cc2ccc(Cn3cc(Br)c(C#N)n3)cc2)C(=O)N(C)[C@@H](CC(C)C)C(=O)O[C@H](C)C(=O)N1C. The molecule has 5 rings (SSSR count). The number of aromatic nitrogens is 4. The molecule has 464 valence electrons. The van der Waals surface area contributed by atoms with Crippen molar-refractivity contribution in [2.75, 3.05) is 28.2 Å². The molecule has 1 aliphatic rings. The molecule has 8 atom stereocenters. The third-order valence-electron chi connectivity index (χ3n) is 14.8. The van der Waals surface area contributed by atoms with Crippen LogP contribution in [-0.2, 0) is 83.2 Å². The number of nitrogens with zero attached hydrogens (tertiary/aromatic N) is 10. The maximum atomic E-state index is 15.1.